The van der Waals surface area contributed by atoms with E-state index in [1.54, 1.807) is 7.11 Å². The zero-order valence-electron chi connectivity index (χ0n) is 22.1. The minimum absolute atomic E-state index is 0.0952. The second-order valence-corrected chi connectivity index (χ2v) is 10.5. The van der Waals surface area contributed by atoms with Crippen LogP contribution >= 0.6 is 0 Å². The van der Waals surface area contributed by atoms with Crippen molar-refractivity contribution >= 4 is 17.5 Å². The number of rotatable bonds is 6. The average Bonchev–Trinajstić information content (AvgIpc) is 2.90. The SMILES string of the molecule is COCCC(=O)N1Cc2ccccc2N(C(=O)C(C)C)CCC2CCCC(C1)N2Cc1ccccc1. The molecular weight excluding hydrogens is 450 g/mol. The van der Waals surface area contributed by atoms with E-state index in [1.807, 2.05) is 41.8 Å². The van der Waals surface area contributed by atoms with Gasteiger partial charge < -0.3 is 14.5 Å². The van der Waals surface area contributed by atoms with E-state index < -0.39 is 0 Å². The van der Waals surface area contributed by atoms with E-state index in [0.29, 0.717) is 38.7 Å². The zero-order chi connectivity index (χ0) is 25.5. The Balaban J connectivity index is 1.73. The molecule has 2 atom stereocenters. The normalized spacial score (nSPS) is 21.1. The van der Waals surface area contributed by atoms with Gasteiger partial charge >= 0.3 is 0 Å². The van der Waals surface area contributed by atoms with Crippen LogP contribution in [0.2, 0.25) is 0 Å². The monoisotopic (exact) mass is 491 g/mol. The van der Waals surface area contributed by atoms with Gasteiger partial charge in [-0.1, -0.05) is 68.8 Å². The predicted octanol–water partition coefficient (Wildman–Crippen LogP) is 4.87. The molecular formula is C30H41N3O3. The molecule has 2 unspecified atom stereocenters. The first-order chi connectivity index (χ1) is 17.5. The first-order valence-corrected chi connectivity index (χ1v) is 13.4. The van der Waals surface area contributed by atoms with Gasteiger partial charge in [0.15, 0.2) is 0 Å². The zero-order valence-corrected chi connectivity index (χ0v) is 22.1. The molecule has 2 bridgehead atoms. The van der Waals surface area contributed by atoms with Crippen molar-refractivity contribution in [3.8, 4) is 0 Å². The van der Waals surface area contributed by atoms with E-state index >= 15 is 0 Å². The van der Waals surface area contributed by atoms with E-state index in [2.05, 4.69) is 41.3 Å². The van der Waals surface area contributed by atoms with Crippen molar-refractivity contribution in [3.05, 3.63) is 65.7 Å². The molecule has 2 amide bonds. The van der Waals surface area contributed by atoms with Crippen LogP contribution in [-0.2, 0) is 27.4 Å². The number of methoxy groups -OCH3 is 1. The number of fused-ring (bicyclic) bond motifs is 3. The van der Waals surface area contributed by atoms with Crippen molar-refractivity contribution in [2.45, 2.75) is 71.1 Å². The fourth-order valence-electron chi connectivity index (χ4n) is 5.69. The number of para-hydroxylation sites is 1. The number of carbonyl (C=O) groups is 2. The van der Waals surface area contributed by atoms with Gasteiger partial charge in [-0.2, -0.15) is 0 Å². The summed E-state index contributed by atoms with van der Waals surface area (Å²) >= 11 is 0. The van der Waals surface area contributed by atoms with Gasteiger partial charge in [0.2, 0.25) is 11.8 Å². The van der Waals surface area contributed by atoms with Crippen molar-refractivity contribution < 1.29 is 14.3 Å². The largest absolute Gasteiger partial charge is 0.384 e. The second-order valence-electron chi connectivity index (χ2n) is 10.5. The lowest BCUT2D eigenvalue weighted by atomic mass is 9.92. The van der Waals surface area contributed by atoms with Crippen LogP contribution in [0.1, 0.15) is 57.1 Å². The molecule has 2 heterocycles. The van der Waals surface area contributed by atoms with Crippen molar-refractivity contribution in [1.29, 1.82) is 0 Å². The Hall–Kier alpha value is -2.70. The molecule has 2 aliphatic heterocycles. The maximum Gasteiger partial charge on any atom is 0.229 e. The van der Waals surface area contributed by atoms with Crippen LogP contribution in [0.25, 0.3) is 0 Å². The second kappa shape index (κ2) is 12.5. The lowest BCUT2D eigenvalue weighted by Gasteiger charge is -2.44. The van der Waals surface area contributed by atoms with E-state index in [9.17, 15) is 9.59 Å². The summed E-state index contributed by atoms with van der Waals surface area (Å²) < 4.78 is 5.24. The number of amides is 2. The number of ether oxygens (including phenoxy) is 1. The van der Waals surface area contributed by atoms with Gasteiger partial charge in [-0.3, -0.25) is 14.5 Å². The van der Waals surface area contributed by atoms with Crippen molar-refractivity contribution in [3.63, 3.8) is 0 Å². The molecule has 0 saturated carbocycles. The quantitative estimate of drug-likeness (QED) is 0.579. The molecule has 0 N–H and O–H groups in total. The number of anilines is 1. The van der Waals surface area contributed by atoms with E-state index in [-0.39, 0.29) is 23.8 Å². The minimum atomic E-state index is -0.0952. The minimum Gasteiger partial charge on any atom is -0.384 e. The molecule has 6 nitrogen and oxygen atoms in total. The van der Waals surface area contributed by atoms with Gasteiger partial charge in [-0.15, -0.1) is 0 Å². The first kappa shape index (κ1) is 26.4. The van der Waals surface area contributed by atoms with Gasteiger partial charge in [0.1, 0.15) is 0 Å². The molecule has 2 aromatic rings. The summed E-state index contributed by atoms with van der Waals surface area (Å²) in [5.41, 5.74) is 3.26. The molecule has 194 valence electrons. The van der Waals surface area contributed by atoms with Crippen molar-refractivity contribution in [1.82, 2.24) is 9.80 Å². The Bertz CT molecular complexity index is 1010. The summed E-state index contributed by atoms with van der Waals surface area (Å²) in [7, 11) is 1.64. The molecule has 0 aliphatic carbocycles. The molecule has 6 heteroatoms. The molecule has 0 aromatic heterocycles. The summed E-state index contributed by atoms with van der Waals surface area (Å²) in [6, 6.07) is 19.4. The van der Waals surface area contributed by atoms with Crippen LogP contribution in [-0.4, -0.2) is 60.5 Å². The smallest absolute Gasteiger partial charge is 0.229 e. The summed E-state index contributed by atoms with van der Waals surface area (Å²) in [5.74, 6) is 0.150. The topological polar surface area (TPSA) is 53.1 Å². The lowest BCUT2D eigenvalue weighted by molar-refractivity contribution is -0.134. The Kier molecular flexibility index (Phi) is 9.16. The van der Waals surface area contributed by atoms with Gasteiger partial charge in [-0.05, 0) is 36.5 Å². The number of benzene rings is 2. The van der Waals surface area contributed by atoms with E-state index in [0.717, 1.165) is 43.5 Å². The van der Waals surface area contributed by atoms with Gasteiger partial charge in [0, 0.05) is 57.0 Å². The van der Waals surface area contributed by atoms with Crippen LogP contribution in [0.4, 0.5) is 5.69 Å². The molecule has 1 fully saturated rings. The van der Waals surface area contributed by atoms with Crippen molar-refractivity contribution in [2.75, 3.05) is 31.7 Å². The maximum absolute atomic E-state index is 13.4. The van der Waals surface area contributed by atoms with Crippen molar-refractivity contribution in [2.24, 2.45) is 5.92 Å². The fourth-order valence-corrected chi connectivity index (χ4v) is 5.69. The lowest BCUT2D eigenvalue weighted by Crippen LogP contribution is -2.52. The third-order valence-electron chi connectivity index (χ3n) is 7.61. The van der Waals surface area contributed by atoms with Gasteiger partial charge in [0.05, 0.1) is 13.0 Å². The highest BCUT2D eigenvalue weighted by atomic mass is 16.5. The third kappa shape index (κ3) is 6.34. The van der Waals surface area contributed by atoms with Crippen LogP contribution in [0, 0.1) is 5.92 Å². The number of piperidine rings is 1. The Morgan fingerprint density at radius 3 is 2.44 bits per heavy atom. The summed E-state index contributed by atoms with van der Waals surface area (Å²) in [6.07, 6.45) is 4.63. The molecule has 0 spiro atoms. The molecule has 0 radical (unpaired) electrons. The fraction of sp³-hybridized carbons (Fsp3) is 0.533. The molecule has 2 aliphatic rings. The van der Waals surface area contributed by atoms with Crippen LogP contribution in [0.3, 0.4) is 0 Å². The number of hydrogen-bond acceptors (Lipinski definition) is 4. The maximum atomic E-state index is 13.4. The van der Waals surface area contributed by atoms with Gasteiger partial charge in [0.25, 0.3) is 0 Å². The van der Waals surface area contributed by atoms with E-state index in [4.69, 9.17) is 4.74 Å². The Morgan fingerprint density at radius 2 is 1.69 bits per heavy atom. The standard InChI is InChI=1S/C30H41N3O3/c1-23(2)30(35)32-18-16-26-13-9-14-27(33(26)20-24-10-5-4-6-11-24)22-31(29(34)17-19-36-3)21-25-12-7-8-15-28(25)32/h4-8,10-12,15,23,26-27H,9,13-14,16-22H2,1-3H3. The molecule has 2 aromatic carbocycles. The first-order valence-electron chi connectivity index (χ1n) is 13.4. The third-order valence-corrected chi connectivity index (χ3v) is 7.61. The highest BCUT2D eigenvalue weighted by Gasteiger charge is 2.35. The Morgan fingerprint density at radius 1 is 0.972 bits per heavy atom. The van der Waals surface area contributed by atoms with Crippen LogP contribution in [0.15, 0.2) is 54.6 Å². The highest BCUT2D eigenvalue weighted by molar-refractivity contribution is 5.95. The van der Waals surface area contributed by atoms with Gasteiger partial charge in [-0.25, -0.2) is 0 Å². The molecule has 36 heavy (non-hydrogen) atoms. The van der Waals surface area contributed by atoms with Crippen LogP contribution < -0.4 is 4.90 Å². The summed E-state index contributed by atoms with van der Waals surface area (Å²) in [4.78, 5) is 33.4. The number of hydrogen-bond donors (Lipinski definition) is 0. The number of carbonyl (C=O) groups excluding carboxylic acids is 2. The predicted molar refractivity (Wildman–Crippen MR) is 144 cm³/mol. The Labute approximate surface area is 216 Å². The number of nitrogens with zero attached hydrogens (tertiary/aromatic N) is 3. The molecule has 1 saturated heterocycles. The molecule has 4 rings (SSSR count). The summed E-state index contributed by atoms with van der Waals surface area (Å²) in [5, 5.41) is 0. The highest BCUT2D eigenvalue weighted by Crippen LogP contribution is 2.32. The van der Waals surface area contributed by atoms with E-state index in [1.165, 1.54) is 5.56 Å². The summed E-state index contributed by atoms with van der Waals surface area (Å²) in [6.45, 7) is 7.09. The van der Waals surface area contributed by atoms with Crippen LogP contribution in [0.5, 0.6) is 0 Å². The average molecular weight is 492 g/mol.